The van der Waals surface area contributed by atoms with Crippen molar-refractivity contribution in [2.24, 2.45) is 4.99 Å². The molecule has 27 heavy (non-hydrogen) atoms. The molecule has 0 aliphatic carbocycles. The quantitative estimate of drug-likeness (QED) is 0.281. The molecule has 7 nitrogen and oxygen atoms in total. The summed E-state index contributed by atoms with van der Waals surface area (Å²) in [5, 5.41) is 3.92. The molecular formula is C17H35IN4O3S2. The van der Waals surface area contributed by atoms with Gasteiger partial charge in [0, 0.05) is 43.8 Å². The first kappa shape index (κ1) is 25.3. The van der Waals surface area contributed by atoms with E-state index in [9.17, 15) is 8.42 Å². The minimum absolute atomic E-state index is 0. The van der Waals surface area contributed by atoms with E-state index in [-0.39, 0.29) is 42.4 Å². The molecule has 10 heteroatoms. The standard InChI is InChI=1S/C17H34N4O3S2.HI/c1-3-16-14-21(9-11-25-16)17(18-4-2)19-8-12-26(22,23)20-13-15-7-5-6-10-24-15;/h15-16,20H,3-14H2,1-2H3,(H,18,19);1H. The molecule has 2 aliphatic heterocycles. The minimum Gasteiger partial charge on any atom is -0.377 e. The average Bonchev–Trinajstić information content (AvgIpc) is 2.66. The van der Waals surface area contributed by atoms with Crippen molar-refractivity contribution in [1.82, 2.24) is 14.9 Å². The molecule has 2 N–H and O–H groups in total. The van der Waals surface area contributed by atoms with E-state index in [1.165, 1.54) is 0 Å². The molecule has 0 saturated carbocycles. The first-order valence-corrected chi connectivity index (χ1v) is 12.5. The molecule has 0 aromatic carbocycles. The van der Waals surface area contributed by atoms with E-state index in [0.29, 0.717) is 11.8 Å². The van der Waals surface area contributed by atoms with Gasteiger partial charge >= 0.3 is 0 Å². The lowest BCUT2D eigenvalue weighted by molar-refractivity contribution is 0.0200. The van der Waals surface area contributed by atoms with Crippen molar-refractivity contribution >= 4 is 51.7 Å². The number of nitrogens with one attached hydrogen (secondary N) is 2. The smallest absolute Gasteiger partial charge is 0.213 e. The molecule has 0 amide bonds. The fraction of sp³-hybridized carbons (Fsp3) is 0.941. The van der Waals surface area contributed by atoms with Crippen LogP contribution in [0.3, 0.4) is 0 Å². The number of aliphatic imine (C=N–C) groups is 1. The number of ether oxygens (including phenoxy) is 1. The predicted molar refractivity (Wildman–Crippen MR) is 125 cm³/mol. The zero-order chi connectivity index (χ0) is 18.8. The Morgan fingerprint density at radius 2 is 2.15 bits per heavy atom. The lowest BCUT2D eigenvalue weighted by Crippen LogP contribution is -2.48. The van der Waals surface area contributed by atoms with E-state index in [0.717, 1.165) is 63.6 Å². The average molecular weight is 535 g/mol. The molecule has 2 atom stereocenters. The molecule has 0 aromatic rings. The number of rotatable bonds is 8. The zero-order valence-electron chi connectivity index (χ0n) is 16.5. The predicted octanol–water partition coefficient (Wildman–Crippen LogP) is 1.89. The fourth-order valence-electron chi connectivity index (χ4n) is 3.12. The molecule has 0 spiro atoms. The Kier molecular flexibility index (Phi) is 12.6. The minimum atomic E-state index is -3.33. The third kappa shape index (κ3) is 9.51. The summed E-state index contributed by atoms with van der Waals surface area (Å²) in [4.78, 5) is 6.81. The summed E-state index contributed by atoms with van der Waals surface area (Å²) in [6.45, 7) is 8.32. The number of guanidine groups is 1. The van der Waals surface area contributed by atoms with Crippen LogP contribution in [0.25, 0.3) is 0 Å². The number of sulfonamides is 1. The van der Waals surface area contributed by atoms with Crippen molar-refractivity contribution in [2.45, 2.75) is 50.9 Å². The van der Waals surface area contributed by atoms with Gasteiger partial charge in [-0.2, -0.15) is 11.8 Å². The Bertz CT molecular complexity index is 542. The van der Waals surface area contributed by atoms with E-state index in [2.05, 4.69) is 26.9 Å². The molecule has 2 aliphatic rings. The van der Waals surface area contributed by atoms with Crippen molar-refractivity contribution in [3.05, 3.63) is 0 Å². The zero-order valence-corrected chi connectivity index (χ0v) is 20.4. The van der Waals surface area contributed by atoms with Gasteiger partial charge in [-0.15, -0.1) is 24.0 Å². The van der Waals surface area contributed by atoms with Gasteiger partial charge < -0.3 is 15.0 Å². The number of thioether (sulfide) groups is 1. The van der Waals surface area contributed by atoms with Gasteiger partial charge in [0.25, 0.3) is 0 Å². The molecular weight excluding hydrogens is 499 g/mol. The largest absolute Gasteiger partial charge is 0.377 e. The van der Waals surface area contributed by atoms with Crippen LogP contribution < -0.4 is 10.0 Å². The van der Waals surface area contributed by atoms with Crippen LogP contribution in [-0.2, 0) is 14.8 Å². The summed E-state index contributed by atoms with van der Waals surface area (Å²) in [6.07, 6.45) is 4.25. The molecule has 2 rings (SSSR count). The van der Waals surface area contributed by atoms with Crippen molar-refractivity contribution in [2.75, 3.05) is 50.8 Å². The molecule has 160 valence electrons. The van der Waals surface area contributed by atoms with Crippen LogP contribution in [0, 0.1) is 0 Å². The second-order valence-corrected chi connectivity index (χ2v) is 10.1. The van der Waals surface area contributed by atoms with Crippen molar-refractivity contribution < 1.29 is 13.2 Å². The summed E-state index contributed by atoms with van der Waals surface area (Å²) in [6, 6.07) is 0. The molecule has 0 bridgehead atoms. The van der Waals surface area contributed by atoms with E-state index >= 15 is 0 Å². The van der Waals surface area contributed by atoms with Gasteiger partial charge in [-0.1, -0.05) is 6.92 Å². The molecule has 0 radical (unpaired) electrons. The summed E-state index contributed by atoms with van der Waals surface area (Å²) < 4.78 is 32.7. The highest BCUT2D eigenvalue weighted by atomic mass is 127. The molecule has 0 aromatic heterocycles. The van der Waals surface area contributed by atoms with Gasteiger partial charge in [-0.25, -0.2) is 13.1 Å². The summed E-state index contributed by atoms with van der Waals surface area (Å²) in [5.74, 6) is 1.93. The number of hydrogen-bond acceptors (Lipinski definition) is 5. The third-order valence-electron chi connectivity index (χ3n) is 4.66. The lowest BCUT2D eigenvalue weighted by Gasteiger charge is -2.34. The van der Waals surface area contributed by atoms with Crippen LogP contribution in [0.5, 0.6) is 0 Å². The topological polar surface area (TPSA) is 83.0 Å². The van der Waals surface area contributed by atoms with Gasteiger partial charge in [0.2, 0.25) is 10.0 Å². The highest BCUT2D eigenvalue weighted by Crippen LogP contribution is 2.21. The van der Waals surface area contributed by atoms with Crippen molar-refractivity contribution in [1.29, 1.82) is 0 Å². The van der Waals surface area contributed by atoms with Gasteiger partial charge in [0.1, 0.15) is 0 Å². The van der Waals surface area contributed by atoms with Crippen LogP contribution in [0.4, 0.5) is 0 Å². The molecule has 2 unspecified atom stereocenters. The lowest BCUT2D eigenvalue weighted by atomic mass is 10.1. The van der Waals surface area contributed by atoms with Crippen LogP contribution in [0.15, 0.2) is 4.99 Å². The number of nitrogens with zero attached hydrogens (tertiary/aromatic N) is 2. The Hall–Kier alpha value is 0.220. The van der Waals surface area contributed by atoms with Crippen LogP contribution in [0.1, 0.15) is 39.5 Å². The SMILES string of the molecule is CCNC(=NCCS(=O)(=O)NCC1CCCCO1)N1CCSC(CC)C1.I. The highest BCUT2D eigenvalue weighted by molar-refractivity contribution is 14.0. The second-order valence-electron chi connectivity index (χ2n) is 6.74. The van der Waals surface area contributed by atoms with Crippen molar-refractivity contribution in [3.63, 3.8) is 0 Å². The summed E-state index contributed by atoms with van der Waals surface area (Å²) in [5.41, 5.74) is 0. The van der Waals surface area contributed by atoms with Gasteiger partial charge in [-0.05, 0) is 32.6 Å². The molecule has 2 heterocycles. The maximum atomic E-state index is 12.2. The van der Waals surface area contributed by atoms with Gasteiger partial charge in [0.15, 0.2) is 5.96 Å². The van der Waals surface area contributed by atoms with Gasteiger partial charge in [-0.3, -0.25) is 4.99 Å². The molecule has 2 fully saturated rings. The van der Waals surface area contributed by atoms with Crippen LogP contribution in [0.2, 0.25) is 0 Å². The normalized spacial score (nSPS) is 24.4. The van der Waals surface area contributed by atoms with E-state index in [1.54, 1.807) is 0 Å². The van der Waals surface area contributed by atoms with E-state index in [4.69, 9.17) is 4.74 Å². The highest BCUT2D eigenvalue weighted by Gasteiger charge is 2.22. The monoisotopic (exact) mass is 534 g/mol. The van der Waals surface area contributed by atoms with Crippen LogP contribution >= 0.6 is 35.7 Å². The van der Waals surface area contributed by atoms with E-state index < -0.39 is 10.0 Å². The Labute approximate surface area is 185 Å². The fourth-order valence-corrected chi connectivity index (χ4v) is 5.21. The van der Waals surface area contributed by atoms with Gasteiger partial charge in [0.05, 0.1) is 18.4 Å². The Morgan fingerprint density at radius 3 is 2.81 bits per heavy atom. The maximum absolute atomic E-state index is 12.2. The summed E-state index contributed by atoms with van der Waals surface area (Å²) >= 11 is 2.01. The number of halogens is 1. The number of hydrogen-bond donors (Lipinski definition) is 2. The first-order valence-electron chi connectivity index (χ1n) is 9.78. The van der Waals surface area contributed by atoms with Crippen molar-refractivity contribution in [3.8, 4) is 0 Å². The molecule has 2 saturated heterocycles. The Morgan fingerprint density at radius 1 is 1.33 bits per heavy atom. The first-order chi connectivity index (χ1) is 12.5. The van der Waals surface area contributed by atoms with Crippen LogP contribution in [-0.4, -0.2) is 81.5 Å². The summed E-state index contributed by atoms with van der Waals surface area (Å²) in [7, 11) is -3.33. The second kappa shape index (κ2) is 13.4. The maximum Gasteiger partial charge on any atom is 0.213 e. The third-order valence-corrected chi connectivity index (χ3v) is 7.35. The van der Waals surface area contributed by atoms with E-state index in [1.807, 2.05) is 18.7 Å². The Balaban J connectivity index is 0.00000364.